The molecule has 0 spiro atoms. The van der Waals surface area contributed by atoms with Crippen molar-refractivity contribution in [1.29, 1.82) is 0 Å². The van der Waals surface area contributed by atoms with Gasteiger partial charge in [0.1, 0.15) is 6.61 Å². The van der Waals surface area contributed by atoms with Crippen molar-refractivity contribution in [3.05, 3.63) is 81.6 Å². The molecule has 1 aliphatic rings. The number of hydrogen-bond acceptors (Lipinski definition) is 5. The van der Waals surface area contributed by atoms with Gasteiger partial charge >= 0.3 is 5.97 Å². The maximum atomic E-state index is 12.4. The van der Waals surface area contributed by atoms with Crippen molar-refractivity contribution in [3.8, 4) is 5.69 Å². The fraction of sp³-hybridized carbons (Fsp3) is 0.217. The Kier molecular flexibility index (Phi) is 5.61. The van der Waals surface area contributed by atoms with Crippen molar-refractivity contribution in [3.63, 3.8) is 0 Å². The molecule has 0 aliphatic carbocycles. The van der Waals surface area contributed by atoms with Gasteiger partial charge in [0.2, 0.25) is 0 Å². The number of amides is 2. The molecular weight excluding hydrogens is 418 g/mol. The van der Waals surface area contributed by atoms with Gasteiger partial charge in [-0.1, -0.05) is 23.7 Å². The first-order chi connectivity index (χ1) is 14.9. The zero-order valence-electron chi connectivity index (χ0n) is 17.1. The van der Waals surface area contributed by atoms with E-state index >= 15 is 0 Å². The Balaban J connectivity index is 1.37. The van der Waals surface area contributed by atoms with Crippen LogP contribution in [0.1, 0.15) is 37.7 Å². The van der Waals surface area contributed by atoms with Crippen LogP contribution in [0.3, 0.4) is 0 Å². The second-order valence-corrected chi connectivity index (χ2v) is 7.68. The van der Waals surface area contributed by atoms with Crippen molar-refractivity contribution in [2.24, 2.45) is 0 Å². The van der Waals surface area contributed by atoms with Crippen LogP contribution < -0.4 is 0 Å². The monoisotopic (exact) mass is 437 g/mol. The average Bonchev–Trinajstić information content (AvgIpc) is 3.17. The molecule has 8 heteroatoms. The van der Waals surface area contributed by atoms with E-state index < -0.39 is 5.97 Å². The second-order valence-electron chi connectivity index (χ2n) is 7.24. The largest absolute Gasteiger partial charge is 0.464 e. The summed E-state index contributed by atoms with van der Waals surface area (Å²) in [6.07, 6.45) is 0.0490. The topological polar surface area (TPSA) is 81.5 Å². The predicted octanol–water partition coefficient (Wildman–Crippen LogP) is 3.52. The highest BCUT2D eigenvalue weighted by molar-refractivity contribution is 6.30. The highest BCUT2D eigenvalue weighted by Gasteiger charge is 2.34. The number of aromatic nitrogens is 2. The van der Waals surface area contributed by atoms with Crippen LogP contribution in [0.25, 0.3) is 5.69 Å². The number of imide groups is 1. The normalized spacial score (nSPS) is 12.9. The molecular formula is C23H20ClN3O4. The second kappa shape index (κ2) is 8.35. The Hall–Kier alpha value is -3.45. The van der Waals surface area contributed by atoms with Crippen LogP contribution in [0.4, 0.5) is 0 Å². The lowest BCUT2D eigenvalue weighted by Gasteiger charge is -2.13. The van der Waals surface area contributed by atoms with Crippen LogP contribution in [0.5, 0.6) is 0 Å². The molecule has 0 atom stereocenters. The van der Waals surface area contributed by atoms with E-state index in [4.69, 9.17) is 16.3 Å². The van der Waals surface area contributed by atoms with Crippen molar-refractivity contribution < 1.29 is 19.1 Å². The summed E-state index contributed by atoms with van der Waals surface area (Å²) < 4.78 is 7.06. The molecule has 0 bridgehead atoms. The SMILES string of the molecule is Cc1nn(-c2ccc(Cl)cc2)c(C)c1CC(=O)OCCN1C(=O)c2ccccc2C1=O. The van der Waals surface area contributed by atoms with Crippen LogP contribution in [0.2, 0.25) is 5.02 Å². The lowest BCUT2D eigenvalue weighted by atomic mass is 10.1. The molecule has 0 saturated carbocycles. The molecule has 31 heavy (non-hydrogen) atoms. The van der Waals surface area contributed by atoms with Gasteiger partial charge in [0.05, 0.1) is 35.5 Å². The van der Waals surface area contributed by atoms with Crippen LogP contribution in [0, 0.1) is 13.8 Å². The van der Waals surface area contributed by atoms with E-state index in [0.717, 1.165) is 27.5 Å². The molecule has 2 heterocycles. The van der Waals surface area contributed by atoms with Crippen molar-refractivity contribution in [2.75, 3.05) is 13.2 Å². The number of aryl methyl sites for hydroxylation is 1. The summed E-state index contributed by atoms with van der Waals surface area (Å²) >= 11 is 5.95. The third-order valence-electron chi connectivity index (χ3n) is 5.29. The van der Waals surface area contributed by atoms with E-state index in [1.165, 1.54) is 0 Å². The Morgan fingerprint density at radius 1 is 1.00 bits per heavy atom. The van der Waals surface area contributed by atoms with Gasteiger partial charge in [0.15, 0.2) is 0 Å². The summed E-state index contributed by atoms with van der Waals surface area (Å²) in [4.78, 5) is 38.2. The molecule has 0 radical (unpaired) electrons. The zero-order valence-corrected chi connectivity index (χ0v) is 17.8. The summed E-state index contributed by atoms with van der Waals surface area (Å²) in [6.45, 7) is 3.67. The Morgan fingerprint density at radius 2 is 1.61 bits per heavy atom. The molecule has 4 rings (SSSR count). The minimum absolute atomic E-state index is 0.0140. The molecule has 7 nitrogen and oxygen atoms in total. The van der Waals surface area contributed by atoms with Gasteiger partial charge in [-0.25, -0.2) is 4.68 Å². The molecule has 1 aliphatic heterocycles. The number of esters is 1. The van der Waals surface area contributed by atoms with Crippen molar-refractivity contribution in [1.82, 2.24) is 14.7 Å². The minimum Gasteiger partial charge on any atom is -0.464 e. The maximum Gasteiger partial charge on any atom is 0.310 e. The van der Waals surface area contributed by atoms with E-state index in [1.54, 1.807) is 41.1 Å². The number of rotatable bonds is 6. The first kappa shape index (κ1) is 20.8. The van der Waals surface area contributed by atoms with E-state index in [2.05, 4.69) is 5.10 Å². The lowest BCUT2D eigenvalue weighted by molar-refractivity contribution is -0.143. The minimum atomic E-state index is -0.446. The summed E-state index contributed by atoms with van der Waals surface area (Å²) in [5.74, 6) is -1.18. The van der Waals surface area contributed by atoms with E-state index in [9.17, 15) is 14.4 Å². The summed E-state index contributed by atoms with van der Waals surface area (Å²) in [5, 5.41) is 5.15. The fourth-order valence-corrected chi connectivity index (χ4v) is 3.78. The van der Waals surface area contributed by atoms with Gasteiger partial charge < -0.3 is 4.74 Å². The number of fused-ring (bicyclic) bond motifs is 1. The first-order valence-electron chi connectivity index (χ1n) is 9.78. The summed E-state index contributed by atoms with van der Waals surface area (Å²) in [6, 6.07) is 13.9. The summed E-state index contributed by atoms with van der Waals surface area (Å²) in [5.41, 5.74) is 3.93. The molecule has 1 aromatic heterocycles. The third kappa shape index (κ3) is 3.96. The smallest absolute Gasteiger partial charge is 0.310 e. The molecule has 0 unspecified atom stereocenters. The number of carbonyl (C=O) groups excluding carboxylic acids is 3. The number of hydrogen-bond donors (Lipinski definition) is 0. The third-order valence-corrected chi connectivity index (χ3v) is 5.54. The number of benzene rings is 2. The van der Waals surface area contributed by atoms with Gasteiger partial charge in [-0.2, -0.15) is 5.10 Å². The van der Waals surface area contributed by atoms with E-state index in [0.29, 0.717) is 16.1 Å². The van der Waals surface area contributed by atoms with Gasteiger partial charge in [-0.05, 0) is 50.2 Å². The van der Waals surface area contributed by atoms with Crippen LogP contribution in [-0.2, 0) is 16.0 Å². The van der Waals surface area contributed by atoms with Crippen LogP contribution >= 0.6 is 11.6 Å². The average molecular weight is 438 g/mol. The molecule has 158 valence electrons. The maximum absolute atomic E-state index is 12.4. The zero-order chi connectivity index (χ0) is 22.1. The van der Waals surface area contributed by atoms with E-state index in [-0.39, 0.29) is 31.4 Å². The fourth-order valence-electron chi connectivity index (χ4n) is 3.65. The number of ether oxygens (including phenoxy) is 1. The molecule has 0 fully saturated rings. The van der Waals surface area contributed by atoms with Crippen LogP contribution in [-0.4, -0.2) is 45.6 Å². The Labute approximate surface area is 184 Å². The van der Waals surface area contributed by atoms with Crippen molar-refractivity contribution in [2.45, 2.75) is 20.3 Å². The standard InChI is InChI=1S/C23H20ClN3O4/c1-14-20(15(2)27(25-14)17-9-7-16(24)8-10-17)13-21(28)31-12-11-26-22(29)18-5-3-4-6-19(18)23(26)30/h3-10H,11-13H2,1-2H3. The quantitative estimate of drug-likeness (QED) is 0.435. The number of halogens is 1. The van der Waals surface area contributed by atoms with Gasteiger partial charge in [-0.15, -0.1) is 0 Å². The van der Waals surface area contributed by atoms with Gasteiger partial charge in [0.25, 0.3) is 11.8 Å². The number of nitrogens with zero attached hydrogens (tertiary/aromatic N) is 3. The number of carbonyl (C=O) groups is 3. The lowest BCUT2D eigenvalue weighted by Crippen LogP contribution is -2.33. The van der Waals surface area contributed by atoms with Crippen LogP contribution in [0.15, 0.2) is 48.5 Å². The highest BCUT2D eigenvalue weighted by atomic mass is 35.5. The first-order valence-corrected chi connectivity index (χ1v) is 10.2. The molecule has 3 aromatic rings. The molecule has 0 saturated heterocycles. The van der Waals surface area contributed by atoms with Gasteiger partial charge in [-0.3, -0.25) is 19.3 Å². The molecule has 2 amide bonds. The Bertz CT molecular complexity index is 1150. The molecule has 2 aromatic carbocycles. The predicted molar refractivity (Wildman–Crippen MR) is 115 cm³/mol. The Morgan fingerprint density at radius 3 is 2.23 bits per heavy atom. The van der Waals surface area contributed by atoms with Gasteiger partial charge in [0, 0.05) is 16.3 Å². The summed E-state index contributed by atoms with van der Waals surface area (Å²) in [7, 11) is 0. The van der Waals surface area contributed by atoms with E-state index in [1.807, 2.05) is 26.0 Å². The van der Waals surface area contributed by atoms with Crippen molar-refractivity contribution >= 4 is 29.4 Å². The molecule has 0 N–H and O–H groups in total. The highest BCUT2D eigenvalue weighted by Crippen LogP contribution is 2.23.